The van der Waals surface area contributed by atoms with E-state index in [4.69, 9.17) is 0 Å². The molecule has 2 N–H and O–H groups in total. The lowest BCUT2D eigenvalue weighted by Gasteiger charge is -2.08. The van der Waals surface area contributed by atoms with Gasteiger partial charge in [-0.15, -0.1) is 0 Å². The van der Waals surface area contributed by atoms with Crippen LogP contribution in [-0.2, 0) is 6.54 Å². The molecular weight excluding hydrogens is 188 g/mol. The number of nitrogens with one attached hydrogen (secondary N) is 2. The molecule has 0 saturated heterocycles. The fraction of sp³-hybridized carbons (Fsp3) is 0.455. The van der Waals surface area contributed by atoms with Crippen molar-refractivity contribution in [1.29, 1.82) is 0 Å². The molecule has 4 nitrogen and oxygen atoms in total. The highest BCUT2D eigenvalue weighted by Gasteiger charge is 2.11. The van der Waals surface area contributed by atoms with Crippen molar-refractivity contribution in [3.63, 3.8) is 0 Å². The van der Waals surface area contributed by atoms with Crippen LogP contribution in [0.4, 0.5) is 0 Å². The topological polar surface area (TPSA) is 49.3 Å². The molecule has 1 aromatic rings. The molecule has 0 bridgehead atoms. The number of aryl methyl sites for hydroxylation is 1. The first-order valence-corrected chi connectivity index (χ1v) is 5.20. The van der Waals surface area contributed by atoms with Gasteiger partial charge in [0.25, 0.3) is 0 Å². The fourth-order valence-corrected chi connectivity index (χ4v) is 1.45. The summed E-state index contributed by atoms with van der Waals surface area (Å²) in [6.45, 7) is 5.73. The summed E-state index contributed by atoms with van der Waals surface area (Å²) in [5.74, 6) is 0.892. The highest BCUT2D eigenvalue weighted by atomic mass is 15.2. The maximum atomic E-state index is 4.32. The van der Waals surface area contributed by atoms with E-state index in [9.17, 15) is 0 Å². The number of aliphatic imine (C=N–C) groups is 1. The maximum Gasteiger partial charge on any atom is 0.191 e. The summed E-state index contributed by atoms with van der Waals surface area (Å²) in [6, 6.07) is 4.54. The van der Waals surface area contributed by atoms with Crippen LogP contribution in [0.2, 0.25) is 0 Å². The molecule has 1 aliphatic heterocycles. The van der Waals surface area contributed by atoms with Gasteiger partial charge in [-0.05, 0) is 25.5 Å². The summed E-state index contributed by atoms with van der Waals surface area (Å²) < 4.78 is 0. The Morgan fingerprint density at radius 1 is 1.53 bits per heavy atom. The smallest absolute Gasteiger partial charge is 0.191 e. The molecule has 1 atom stereocenters. The SMILES string of the molecule is Cc1ccc(CNC2=NCC(C)N2)cn1. The van der Waals surface area contributed by atoms with Crippen molar-refractivity contribution in [3.8, 4) is 0 Å². The van der Waals surface area contributed by atoms with Gasteiger partial charge in [0.2, 0.25) is 0 Å². The Hall–Kier alpha value is -1.58. The number of guanidine groups is 1. The second kappa shape index (κ2) is 4.29. The molecule has 1 aliphatic rings. The van der Waals surface area contributed by atoms with Gasteiger partial charge in [0.05, 0.1) is 6.54 Å². The van der Waals surface area contributed by atoms with Crippen LogP contribution in [0.5, 0.6) is 0 Å². The Morgan fingerprint density at radius 3 is 3.00 bits per heavy atom. The minimum atomic E-state index is 0.448. The third kappa shape index (κ3) is 2.68. The van der Waals surface area contributed by atoms with E-state index in [-0.39, 0.29) is 0 Å². The van der Waals surface area contributed by atoms with Gasteiger partial charge in [-0.1, -0.05) is 6.07 Å². The van der Waals surface area contributed by atoms with Crippen LogP contribution in [0.3, 0.4) is 0 Å². The Labute approximate surface area is 89.8 Å². The maximum absolute atomic E-state index is 4.32. The molecular formula is C11H16N4. The van der Waals surface area contributed by atoms with E-state index in [2.05, 4.69) is 33.6 Å². The van der Waals surface area contributed by atoms with Gasteiger partial charge in [-0.2, -0.15) is 0 Å². The Bertz CT molecular complexity index is 355. The van der Waals surface area contributed by atoms with E-state index in [0.717, 1.165) is 24.7 Å². The third-order valence-electron chi connectivity index (χ3n) is 2.34. The van der Waals surface area contributed by atoms with Crippen molar-refractivity contribution in [2.75, 3.05) is 6.54 Å². The molecule has 4 heteroatoms. The van der Waals surface area contributed by atoms with Crippen molar-refractivity contribution in [3.05, 3.63) is 29.6 Å². The lowest BCUT2D eigenvalue weighted by molar-refractivity contribution is 0.713. The van der Waals surface area contributed by atoms with Gasteiger partial charge in [-0.25, -0.2) is 0 Å². The van der Waals surface area contributed by atoms with Crippen molar-refractivity contribution < 1.29 is 0 Å². The first-order chi connectivity index (χ1) is 7.24. The van der Waals surface area contributed by atoms with Crippen LogP contribution in [0, 0.1) is 6.92 Å². The van der Waals surface area contributed by atoms with E-state index in [1.807, 2.05) is 19.2 Å². The minimum Gasteiger partial charge on any atom is -0.352 e. The summed E-state index contributed by atoms with van der Waals surface area (Å²) in [6.07, 6.45) is 1.89. The molecule has 2 heterocycles. The van der Waals surface area contributed by atoms with E-state index in [1.54, 1.807) is 0 Å². The number of hydrogen-bond donors (Lipinski definition) is 2. The summed E-state index contributed by atoms with van der Waals surface area (Å²) in [4.78, 5) is 8.56. The predicted octanol–water partition coefficient (Wildman–Crippen LogP) is 0.827. The highest BCUT2D eigenvalue weighted by Crippen LogP contribution is 1.99. The summed E-state index contributed by atoms with van der Waals surface area (Å²) in [7, 11) is 0. The molecule has 0 fully saturated rings. The highest BCUT2D eigenvalue weighted by molar-refractivity contribution is 5.81. The largest absolute Gasteiger partial charge is 0.352 e. The van der Waals surface area contributed by atoms with E-state index in [0.29, 0.717) is 6.04 Å². The van der Waals surface area contributed by atoms with E-state index < -0.39 is 0 Å². The molecule has 1 unspecified atom stereocenters. The number of hydrogen-bond acceptors (Lipinski definition) is 4. The van der Waals surface area contributed by atoms with Gasteiger partial charge < -0.3 is 10.6 Å². The minimum absolute atomic E-state index is 0.448. The average Bonchev–Trinajstić information content (AvgIpc) is 2.64. The van der Waals surface area contributed by atoms with Crippen molar-refractivity contribution in [2.24, 2.45) is 4.99 Å². The number of nitrogens with zero attached hydrogens (tertiary/aromatic N) is 2. The van der Waals surface area contributed by atoms with Crippen molar-refractivity contribution >= 4 is 5.96 Å². The fourth-order valence-electron chi connectivity index (χ4n) is 1.45. The van der Waals surface area contributed by atoms with E-state index >= 15 is 0 Å². The van der Waals surface area contributed by atoms with Crippen LogP contribution < -0.4 is 10.6 Å². The number of aromatic nitrogens is 1. The first kappa shape index (κ1) is 9.96. The van der Waals surface area contributed by atoms with Gasteiger partial charge in [0.1, 0.15) is 0 Å². The molecule has 0 spiro atoms. The number of pyridine rings is 1. The zero-order valence-corrected chi connectivity index (χ0v) is 9.12. The third-order valence-corrected chi connectivity index (χ3v) is 2.34. The van der Waals surface area contributed by atoms with Gasteiger partial charge >= 0.3 is 0 Å². The zero-order chi connectivity index (χ0) is 10.7. The lowest BCUT2D eigenvalue weighted by Crippen LogP contribution is -2.37. The monoisotopic (exact) mass is 204 g/mol. The molecule has 80 valence electrons. The van der Waals surface area contributed by atoms with Crippen LogP contribution in [0.25, 0.3) is 0 Å². The van der Waals surface area contributed by atoms with Crippen LogP contribution in [0.15, 0.2) is 23.3 Å². The summed E-state index contributed by atoms with van der Waals surface area (Å²) in [5.41, 5.74) is 2.22. The Balaban J connectivity index is 1.86. The van der Waals surface area contributed by atoms with Crippen molar-refractivity contribution in [1.82, 2.24) is 15.6 Å². The molecule has 0 amide bonds. The molecule has 0 saturated carbocycles. The van der Waals surface area contributed by atoms with Gasteiger partial charge in [0, 0.05) is 24.5 Å². The predicted molar refractivity (Wildman–Crippen MR) is 60.7 cm³/mol. The average molecular weight is 204 g/mol. The molecule has 15 heavy (non-hydrogen) atoms. The standard InChI is InChI=1S/C11H16N4/c1-8-3-4-10(6-12-8)7-14-11-13-5-9(2)15-11/h3-4,6,9H,5,7H2,1-2H3,(H2,13,14,15). The molecule has 0 aromatic carbocycles. The quantitative estimate of drug-likeness (QED) is 0.750. The Kier molecular flexibility index (Phi) is 2.85. The first-order valence-electron chi connectivity index (χ1n) is 5.20. The van der Waals surface area contributed by atoms with Crippen LogP contribution in [-0.4, -0.2) is 23.5 Å². The normalized spacial score (nSPS) is 19.6. The lowest BCUT2D eigenvalue weighted by atomic mass is 10.2. The second-order valence-electron chi connectivity index (χ2n) is 3.90. The Morgan fingerprint density at radius 2 is 2.40 bits per heavy atom. The second-order valence-corrected chi connectivity index (χ2v) is 3.90. The molecule has 0 aliphatic carbocycles. The summed E-state index contributed by atoms with van der Waals surface area (Å²) in [5, 5.41) is 6.50. The van der Waals surface area contributed by atoms with Crippen LogP contribution in [0.1, 0.15) is 18.2 Å². The van der Waals surface area contributed by atoms with E-state index in [1.165, 1.54) is 5.56 Å². The number of rotatable bonds is 2. The molecule has 0 radical (unpaired) electrons. The zero-order valence-electron chi connectivity index (χ0n) is 9.12. The van der Waals surface area contributed by atoms with Crippen molar-refractivity contribution in [2.45, 2.75) is 26.4 Å². The molecule has 1 aromatic heterocycles. The van der Waals surface area contributed by atoms with Gasteiger partial charge in [-0.3, -0.25) is 9.98 Å². The van der Waals surface area contributed by atoms with Gasteiger partial charge in [0.15, 0.2) is 5.96 Å². The summed E-state index contributed by atoms with van der Waals surface area (Å²) >= 11 is 0. The molecule has 2 rings (SSSR count). The van der Waals surface area contributed by atoms with Crippen LogP contribution >= 0.6 is 0 Å².